The number of rotatable bonds is 5. The molecule has 1 amide bonds. The molecule has 132 valence electrons. The summed E-state index contributed by atoms with van der Waals surface area (Å²) in [6, 6.07) is 16.3. The molecule has 0 spiro atoms. The van der Waals surface area contributed by atoms with Gasteiger partial charge in [0.1, 0.15) is 12.1 Å². The van der Waals surface area contributed by atoms with Gasteiger partial charge in [0.05, 0.1) is 5.52 Å². The van der Waals surface area contributed by atoms with Gasteiger partial charge < -0.3 is 10.2 Å². The van der Waals surface area contributed by atoms with Crippen LogP contribution in [0.15, 0.2) is 54.9 Å². The summed E-state index contributed by atoms with van der Waals surface area (Å²) in [4.78, 5) is 23.1. The fourth-order valence-electron chi connectivity index (χ4n) is 3.46. The lowest BCUT2D eigenvalue weighted by Gasteiger charge is -2.29. The SMILES string of the molecule is O=C(CCCNc1ncnc2ccccc12)N1CCc2ccccc2C1. The van der Waals surface area contributed by atoms with Crippen LogP contribution in [-0.4, -0.2) is 33.9 Å². The van der Waals surface area contributed by atoms with Crippen LogP contribution in [0.5, 0.6) is 0 Å². The lowest BCUT2D eigenvalue weighted by molar-refractivity contribution is -0.132. The number of fused-ring (bicyclic) bond motifs is 2. The summed E-state index contributed by atoms with van der Waals surface area (Å²) >= 11 is 0. The molecule has 1 N–H and O–H groups in total. The van der Waals surface area contributed by atoms with Gasteiger partial charge in [-0.1, -0.05) is 36.4 Å². The minimum atomic E-state index is 0.230. The number of carbonyl (C=O) groups excluding carboxylic acids is 1. The quantitative estimate of drug-likeness (QED) is 0.719. The van der Waals surface area contributed by atoms with E-state index in [1.807, 2.05) is 35.2 Å². The zero-order chi connectivity index (χ0) is 17.8. The molecule has 0 atom stereocenters. The fraction of sp³-hybridized carbons (Fsp3) is 0.286. The van der Waals surface area contributed by atoms with Gasteiger partial charge in [0.15, 0.2) is 0 Å². The number of benzene rings is 2. The van der Waals surface area contributed by atoms with Crippen molar-refractivity contribution in [3.63, 3.8) is 0 Å². The number of nitrogens with one attached hydrogen (secondary N) is 1. The first kappa shape index (κ1) is 16.5. The number of para-hydroxylation sites is 1. The summed E-state index contributed by atoms with van der Waals surface area (Å²) < 4.78 is 0. The highest BCUT2D eigenvalue weighted by molar-refractivity contribution is 5.88. The molecule has 5 heteroatoms. The Morgan fingerprint density at radius 2 is 1.85 bits per heavy atom. The number of nitrogens with zero attached hydrogens (tertiary/aromatic N) is 3. The molecule has 3 aromatic rings. The second-order valence-electron chi connectivity index (χ2n) is 6.60. The molecule has 0 bridgehead atoms. The summed E-state index contributed by atoms with van der Waals surface area (Å²) in [7, 11) is 0. The van der Waals surface area contributed by atoms with E-state index >= 15 is 0 Å². The molecule has 2 heterocycles. The summed E-state index contributed by atoms with van der Waals surface area (Å²) in [5.41, 5.74) is 3.57. The Bertz CT molecular complexity index is 919. The predicted octanol–water partition coefficient (Wildman–Crippen LogP) is 3.41. The number of carbonyl (C=O) groups is 1. The maximum Gasteiger partial charge on any atom is 0.222 e. The molecule has 26 heavy (non-hydrogen) atoms. The van der Waals surface area contributed by atoms with Gasteiger partial charge in [0.2, 0.25) is 5.91 Å². The average molecular weight is 346 g/mol. The van der Waals surface area contributed by atoms with Gasteiger partial charge in [-0.15, -0.1) is 0 Å². The summed E-state index contributed by atoms with van der Waals surface area (Å²) in [6.07, 6.45) is 3.86. The van der Waals surface area contributed by atoms with Crippen molar-refractivity contribution >= 4 is 22.6 Å². The lowest BCUT2D eigenvalue weighted by atomic mass is 9.99. The molecule has 0 saturated heterocycles. The Morgan fingerprint density at radius 3 is 2.77 bits per heavy atom. The van der Waals surface area contributed by atoms with Crippen LogP contribution in [0.4, 0.5) is 5.82 Å². The first-order chi connectivity index (χ1) is 12.8. The highest BCUT2D eigenvalue weighted by atomic mass is 16.2. The monoisotopic (exact) mass is 346 g/mol. The van der Waals surface area contributed by atoms with E-state index < -0.39 is 0 Å². The maximum absolute atomic E-state index is 12.5. The minimum Gasteiger partial charge on any atom is -0.369 e. The molecule has 0 saturated carbocycles. The molecule has 2 aromatic carbocycles. The smallest absolute Gasteiger partial charge is 0.222 e. The van der Waals surface area contributed by atoms with Gasteiger partial charge in [-0.2, -0.15) is 0 Å². The topological polar surface area (TPSA) is 58.1 Å². The molecule has 0 unspecified atom stereocenters. The molecule has 1 aromatic heterocycles. The Kier molecular flexibility index (Phi) is 4.78. The summed E-state index contributed by atoms with van der Waals surface area (Å²) in [5, 5.41) is 4.35. The van der Waals surface area contributed by atoms with Gasteiger partial charge >= 0.3 is 0 Å². The summed E-state index contributed by atoms with van der Waals surface area (Å²) in [5.74, 6) is 1.06. The molecular weight excluding hydrogens is 324 g/mol. The second kappa shape index (κ2) is 7.52. The Hall–Kier alpha value is -2.95. The van der Waals surface area contributed by atoms with Gasteiger partial charge in [-0.05, 0) is 36.1 Å². The first-order valence-corrected chi connectivity index (χ1v) is 9.09. The van der Waals surface area contributed by atoms with E-state index in [1.165, 1.54) is 11.1 Å². The van der Waals surface area contributed by atoms with Gasteiger partial charge in [-0.3, -0.25) is 4.79 Å². The predicted molar refractivity (Wildman–Crippen MR) is 103 cm³/mol. The van der Waals surface area contributed by atoms with Crippen LogP contribution in [0, 0.1) is 0 Å². The van der Waals surface area contributed by atoms with Crippen molar-refractivity contribution in [1.29, 1.82) is 0 Å². The van der Waals surface area contributed by atoms with Gasteiger partial charge in [-0.25, -0.2) is 9.97 Å². The van der Waals surface area contributed by atoms with Crippen LogP contribution in [0.25, 0.3) is 10.9 Å². The average Bonchev–Trinajstić information content (AvgIpc) is 2.70. The van der Waals surface area contributed by atoms with E-state index in [2.05, 4.69) is 33.5 Å². The zero-order valence-corrected chi connectivity index (χ0v) is 14.7. The first-order valence-electron chi connectivity index (χ1n) is 9.09. The van der Waals surface area contributed by atoms with Crippen molar-refractivity contribution < 1.29 is 4.79 Å². The Morgan fingerprint density at radius 1 is 1.04 bits per heavy atom. The largest absolute Gasteiger partial charge is 0.369 e. The fourth-order valence-corrected chi connectivity index (χ4v) is 3.46. The van der Waals surface area contributed by atoms with E-state index in [9.17, 15) is 4.79 Å². The van der Waals surface area contributed by atoms with Crippen molar-refractivity contribution in [3.05, 3.63) is 66.0 Å². The number of amides is 1. The van der Waals surface area contributed by atoms with Crippen LogP contribution < -0.4 is 5.32 Å². The van der Waals surface area contributed by atoms with Crippen molar-refractivity contribution in [1.82, 2.24) is 14.9 Å². The third-order valence-corrected chi connectivity index (χ3v) is 4.89. The zero-order valence-electron chi connectivity index (χ0n) is 14.7. The van der Waals surface area contributed by atoms with Gasteiger partial charge in [0.25, 0.3) is 0 Å². The van der Waals surface area contributed by atoms with Gasteiger partial charge in [0, 0.05) is 31.4 Å². The van der Waals surface area contributed by atoms with E-state index in [-0.39, 0.29) is 5.91 Å². The van der Waals surface area contributed by atoms with Crippen molar-refractivity contribution in [2.45, 2.75) is 25.8 Å². The molecule has 5 nitrogen and oxygen atoms in total. The number of anilines is 1. The standard InChI is InChI=1S/C21H22N4O/c26-20(25-13-11-16-6-1-2-7-17(16)14-25)10-5-12-22-21-18-8-3-4-9-19(18)23-15-24-21/h1-4,6-9,15H,5,10-14H2,(H,22,23,24). The third-order valence-electron chi connectivity index (χ3n) is 4.89. The second-order valence-corrected chi connectivity index (χ2v) is 6.60. The minimum absolute atomic E-state index is 0.230. The van der Waals surface area contributed by atoms with E-state index in [0.29, 0.717) is 6.42 Å². The number of hydrogen-bond donors (Lipinski definition) is 1. The van der Waals surface area contributed by atoms with Crippen LogP contribution in [0.2, 0.25) is 0 Å². The molecule has 0 radical (unpaired) electrons. The Labute approximate surface area is 153 Å². The van der Waals surface area contributed by atoms with Crippen molar-refractivity contribution in [3.8, 4) is 0 Å². The van der Waals surface area contributed by atoms with Crippen LogP contribution in [0.1, 0.15) is 24.0 Å². The number of aromatic nitrogens is 2. The molecule has 0 fully saturated rings. The van der Waals surface area contributed by atoms with E-state index in [4.69, 9.17) is 0 Å². The lowest BCUT2D eigenvalue weighted by Crippen LogP contribution is -2.36. The molecule has 1 aliphatic heterocycles. The highest BCUT2D eigenvalue weighted by Crippen LogP contribution is 2.20. The van der Waals surface area contributed by atoms with Crippen LogP contribution in [0.3, 0.4) is 0 Å². The van der Waals surface area contributed by atoms with E-state index in [0.717, 1.165) is 49.2 Å². The van der Waals surface area contributed by atoms with E-state index in [1.54, 1.807) is 6.33 Å². The third kappa shape index (κ3) is 3.52. The highest BCUT2D eigenvalue weighted by Gasteiger charge is 2.19. The summed E-state index contributed by atoms with van der Waals surface area (Å²) in [6.45, 7) is 2.27. The molecular formula is C21H22N4O. The maximum atomic E-state index is 12.5. The normalized spacial score (nSPS) is 13.5. The Balaban J connectivity index is 1.29. The van der Waals surface area contributed by atoms with Crippen LogP contribution in [-0.2, 0) is 17.8 Å². The molecule has 0 aliphatic carbocycles. The van der Waals surface area contributed by atoms with Crippen molar-refractivity contribution in [2.75, 3.05) is 18.4 Å². The molecule has 1 aliphatic rings. The molecule has 4 rings (SSSR count). The van der Waals surface area contributed by atoms with Crippen molar-refractivity contribution in [2.24, 2.45) is 0 Å². The van der Waals surface area contributed by atoms with Crippen LogP contribution >= 0.6 is 0 Å². The number of hydrogen-bond acceptors (Lipinski definition) is 4.